The number of benzene rings is 1. The zero-order chi connectivity index (χ0) is 13.3. The standard InChI is InChI=1S/C13H14F2N2S/c1-7-3-4-10(14)11(12(7)15)13(17-16)9-6-18-5-8(9)2/h3-6,13,17H,16H2,1-2H3. The molecular weight excluding hydrogens is 254 g/mol. The SMILES string of the molecule is Cc1cscc1C(NN)c1c(F)ccc(C)c1F. The highest BCUT2D eigenvalue weighted by Gasteiger charge is 2.23. The van der Waals surface area contributed by atoms with Crippen LogP contribution < -0.4 is 11.3 Å². The number of hydrogen-bond acceptors (Lipinski definition) is 3. The molecule has 0 aliphatic carbocycles. The normalized spacial score (nSPS) is 12.7. The molecule has 0 spiro atoms. The molecule has 0 fully saturated rings. The van der Waals surface area contributed by atoms with Crippen molar-refractivity contribution in [2.24, 2.45) is 5.84 Å². The summed E-state index contributed by atoms with van der Waals surface area (Å²) in [5.41, 5.74) is 4.63. The molecule has 1 atom stereocenters. The summed E-state index contributed by atoms with van der Waals surface area (Å²) in [6.45, 7) is 3.49. The van der Waals surface area contributed by atoms with Crippen LogP contribution in [0.4, 0.5) is 8.78 Å². The molecule has 96 valence electrons. The van der Waals surface area contributed by atoms with E-state index >= 15 is 0 Å². The van der Waals surface area contributed by atoms with Crippen LogP contribution >= 0.6 is 11.3 Å². The lowest BCUT2D eigenvalue weighted by atomic mass is 9.96. The van der Waals surface area contributed by atoms with Crippen LogP contribution in [0.25, 0.3) is 0 Å². The summed E-state index contributed by atoms with van der Waals surface area (Å²) in [7, 11) is 0. The number of hydrazine groups is 1. The van der Waals surface area contributed by atoms with E-state index in [0.717, 1.165) is 11.1 Å². The van der Waals surface area contributed by atoms with Crippen LogP contribution in [-0.4, -0.2) is 0 Å². The van der Waals surface area contributed by atoms with Gasteiger partial charge in [-0.3, -0.25) is 5.84 Å². The molecule has 5 heteroatoms. The Kier molecular flexibility index (Phi) is 3.75. The predicted molar refractivity (Wildman–Crippen MR) is 69.3 cm³/mol. The van der Waals surface area contributed by atoms with Crippen molar-refractivity contribution in [3.05, 3.63) is 56.8 Å². The summed E-state index contributed by atoms with van der Waals surface area (Å²) >= 11 is 1.48. The summed E-state index contributed by atoms with van der Waals surface area (Å²) in [5, 5.41) is 3.77. The number of nitrogens with two attached hydrogens (primary N) is 1. The van der Waals surface area contributed by atoms with E-state index in [0.29, 0.717) is 5.56 Å². The highest BCUT2D eigenvalue weighted by Crippen LogP contribution is 2.31. The van der Waals surface area contributed by atoms with Gasteiger partial charge in [-0.2, -0.15) is 11.3 Å². The van der Waals surface area contributed by atoms with Crippen LogP contribution in [0.2, 0.25) is 0 Å². The van der Waals surface area contributed by atoms with Crippen LogP contribution in [0.3, 0.4) is 0 Å². The topological polar surface area (TPSA) is 38.0 Å². The first-order chi connectivity index (χ1) is 8.56. The summed E-state index contributed by atoms with van der Waals surface area (Å²) in [4.78, 5) is 0. The summed E-state index contributed by atoms with van der Waals surface area (Å²) in [6.07, 6.45) is 0. The molecule has 3 N–H and O–H groups in total. The smallest absolute Gasteiger partial charge is 0.134 e. The first-order valence-electron chi connectivity index (χ1n) is 5.49. The molecule has 2 rings (SSSR count). The molecule has 18 heavy (non-hydrogen) atoms. The molecule has 1 aromatic heterocycles. The molecule has 0 aliphatic heterocycles. The Balaban J connectivity index is 2.59. The second-order valence-electron chi connectivity index (χ2n) is 4.20. The first kappa shape index (κ1) is 13.1. The third-order valence-corrected chi connectivity index (χ3v) is 3.86. The predicted octanol–water partition coefficient (Wildman–Crippen LogP) is 3.20. The maximum atomic E-state index is 14.1. The highest BCUT2D eigenvalue weighted by molar-refractivity contribution is 7.08. The van der Waals surface area contributed by atoms with Crippen molar-refractivity contribution in [2.75, 3.05) is 0 Å². The van der Waals surface area contributed by atoms with Gasteiger partial charge >= 0.3 is 0 Å². The number of nitrogens with one attached hydrogen (secondary N) is 1. The molecule has 1 unspecified atom stereocenters. The van der Waals surface area contributed by atoms with Crippen molar-refractivity contribution >= 4 is 11.3 Å². The highest BCUT2D eigenvalue weighted by atomic mass is 32.1. The van der Waals surface area contributed by atoms with Gasteiger partial charge in [-0.25, -0.2) is 14.2 Å². The van der Waals surface area contributed by atoms with E-state index in [9.17, 15) is 8.78 Å². The van der Waals surface area contributed by atoms with E-state index < -0.39 is 17.7 Å². The van der Waals surface area contributed by atoms with Gasteiger partial charge in [0.15, 0.2) is 0 Å². The number of thiophene rings is 1. The van der Waals surface area contributed by atoms with E-state index in [1.165, 1.54) is 23.5 Å². The lowest BCUT2D eigenvalue weighted by Crippen LogP contribution is -2.30. The molecule has 0 saturated heterocycles. The maximum Gasteiger partial charge on any atom is 0.134 e. The Morgan fingerprint density at radius 3 is 2.44 bits per heavy atom. The number of aryl methyl sites for hydroxylation is 2. The van der Waals surface area contributed by atoms with Crippen LogP contribution in [0, 0.1) is 25.5 Å². The lowest BCUT2D eigenvalue weighted by molar-refractivity contribution is 0.506. The molecule has 1 heterocycles. The fourth-order valence-electron chi connectivity index (χ4n) is 1.94. The quantitative estimate of drug-likeness (QED) is 0.662. The van der Waals surface area contributed by atoms with Crippen LogP contribution in [0.15, 0.2) is 22.9 Å². The zero-order valence-electron chi connectivity index (χ0n) is 10.1. The van der Waals surface area contributed by atoms with Gasteiger partial charge in [0.2, 0.25) is 0 Å². The number of rotatable bonds is 3. The van der Waals surface area contributed by atoms with E-state index in [1.807, 2.05) is 17.7 Å². The van der Waals surface area contributed by atoms with Crippen molar-refractivity contribution in [2.45, 2.75) is 19.9 Å². The average Bonchev–Trinajstić information content (AvgIpc) is 2.76. The molecule has 0 bridgehead atoms. The summed E-state index contributed by atoms with van der Waals surface area (Å²) < 4.78 is 28.0. The Labute approximate surface area is 108 Å². The van der Waals surface area contributed by atoms with Gasteiger partial charge in [-0.05, 0) is 47.4 Å². The summed E-state index contributed by atoms with van der Waals surface area (Å²) in [6, 6.07) is 2.01. The molecule has 2 aromatic rings. The molecular formula is C13H14F2N2S. The van der Waals surface area contributed by atoms with Crippen LogP contribution in [-0.2, 0) is 0 Å². The first-order valence-corrected chi connectivity index (χ1v) is 6.43. The fourth-order valence-corrected chi connectivity index (χ4v) is 2.81. The molecule has 1 aromatic carbocycles. The minimum absolute atomic E-state index is 0.0287. The van der Waals surface area contributed by atoms with Crippen molar-refractivity contribution in [3.8, 4) is 0 Å². The molecule has 0 aliphatic rings. The second kappa shape index (κ2) is 5.14. The molecule has 0 radical (unpaired) electrons. The second-order valence-corrected chi connectivity index (χ2v) is 4.95. The van der Waals surface area contributed by atoms with Crippen LogP contribution in [0.5, 0.6) is 0 Å². The number of halogens is 2. The summed E-state index contributed by atoms with van der Waals surface area (Å²) in [5.74, 6) is 4.33. The maximum absolute atomic E-state index is 14.1. The third-order valence-electron chi connectivity index (χ3n) is 2.98. The van der Waals surface area contributed by atoms with Crippen molar-refractivity contribution in [1.82, 2.24) is 5.43 Å². The Bertz CT molecular complexity index is 566. The Morgan fingerprint density at radius 2 is 1.89 bits per heavy atom. The van der Waals surface area contributed by atoms with Crippen molar-refractivity contribution < 1.29 is 8.78 Å². The fraction of sp³-hybridized carbons (Fsp3) is 0.231. The van der Waals surface area contributed by atoms with E-state index in [4.69, 9.17) is 5.84 Å². The van der Waals surface area contributed by atoms with E-state index in [1.54, 1.807) is 6.92 Å². The van der Waals surface area contributed by atoms with Gasteiger partial charge in [0, 0.05) is 5.56 Å². The Morgan fingerprint density at radius 1 is 1.17 bits per heavy atom. The average molecular weight is 268 g/mol. The van der Waals surface area contributed by atoms with Gasteiger partial charge in [-0.1, -0.05) is 6.07 Å². The Hall–Kier alpha value is -1.30. The van der Waals surface area contributed by atoms with Crippen molar-refractivity contribution in [1.29, 1.82) is 0 Å². The third kappa shape index (κ3) is 2.16. The van der Waals surface area contributed by atoms with E-state index in [-0.39, 0.29) is 5.56 Å². The number of hydrogen-bond donors (Lipinski definition) is 2. The molecule has 2 nitrogen and oxygen atoms in total. The van der Waals surface area contributed by atoms with Crippen molar-refractivity contribution in [3.63, 3.8) is 0 Å². The van der Waals surface area contributed by atoms with Gasteiger partial charge in [0.1, 0.15) is 11.6 Å². The minimum Gasteiger partial charge on any atom is -0.271 e. The molecule has 0 amide bonds. The monoisotopic (exact) mass is 268 g/mol. The largest absolute Gasteiger partial charge is 0.271 e. The minimum atomic E-state index is -0.670. The zero-order valence-corrected chi connectivity index (χ0v) is 10.9. The van der Waals surface area contributed by atoms with Gasteiger partial charge in [0.05, 0.1) is 6.04 Å². The van der Waals surface area contributed by atoms with Crippen LogP contribution in [0.1, 0.15) is 28.3 Å². The lowest BCUT2D eigenvalue weighted by Gasteiger charge is -2.19. The van der Waals surface area contributed by atoms with E-state index in [2.05, 4.69) is 5.43 Å². The van der Waals surface area contributed by atoms with Gasteiger partial charge < -0.3 is 0 Å². The van der Waals surface area contributed by atoms with Gasteiger partial charge in [-0.15, -0.1) is 0 Å². The van der Waals surface area contributed by atoms with Gasteiger partial charge in [0.25, 0.3) is 0 Å². The molecule has 0 saturated carbocycles.